The Labute approximate surface area is 660 Å². The number of ether oxygens (including phenoxy) is 4. The third kappa shape index (κ3) is 17.8. The maximum absolute atomic E-state index is 13.7. The fraction of sp³-hybridized carbons (Fsp3) is 0.429. The molecule has 0 aliphatic carbocycles. The molecule has 596 valence electrons. The van der Waals surface area contributed by atoms with Crippen LogP contribution in [0, 0.1) is 23.7 Å². The highest BCUT2D eigenvalue weighted by Crippen LogP contribution is 2.41. The Morgan fingerprint density at radius 1 is 0.434 bits per heavy atom. The molecule has 9 aromatic rings. The molecule has 4 fully saturated rings. The fourth-order valence-corrected chi connectivity index (χ4v) is 16.6. The second-order valence-electron chi connectivity index (χ2n) is 30.5. The van der Waals surface area contributed by atoms with Crippen LogP contribution in [-0.4, -0.2) is 189 Å². The second-order valence-corrected chi connectivity index (χ2v) is 31.5. The smallest absolute Gasteiger partial charge is 0.407 e. The van der Waals surface area contributed by atoms with Crippen LogP contribution in [0.1, 0.15) is 130 Å². The van der Waals surface area contributed by atoms with Crippen LogP contribution in [0.2, 0.25) is 0 Å². The van der Waals surface area contributed by atoms with Crippen LogP contribution in [0.3, 0.4) is 0 Å². The summed E-state index contributed by atoms with van der Waals surface area (Å²) in [5, 5.41) is 20.0. The number of aromatic amines is 2. The first-order chi connectivity index (χ1) is 54.2. The number of amides is 9. The van der Waals surface area contributed by atoms with E-state index in [1.807, 2.05) is 114 Å². The minimum Gasteiger partial charge on any atom is -0.483 e. The van der Waals surface area contributed by atoms with Gasteiger partial charge in [0.1, 0.15) is 52.9 Å². The monoisotopic (exact) mass is 1560 g/mol. The molecule has 4 aliphatic rings. The molecule has 0 saturated carbocycles. The minimum atomic E-state index is -0.810. The molecule has 28 nitrogen and oxygen atoms in total. The summed E-state index contributed by atoms with van der Waals surface area (Å²) in [6.45, 7) is 21.0. The first-order valence-corrected chi connectivity index (χ1v) is 39.5. The van der Waals surface area contributed by atoms with Gasteiger partial charge in [0.15, 0.2) is 5.88 Å². The van der Waals surface area contributed by atoms with Crippen LogP contribution in [0.4, 0.5) is 25.8 Å². The Morgan fingerprint density at radius 3 is 1.24 bits per heavy atom. The lowest BCUT2D eigenvalue weighted by Crippen LogP contribution is -2.54. The predicted molar refractivity (Wildman–Crippen MR) is 434 cm³/mol. The number of benzene rings is 6. The van der Waals surface area contributed by atoms with Crippen LogP contribution in [0.15, 0.2) is 128 Å². The quantitative estimate of drug-likeness (QED) is 0.0218. The lowest BCUT2D eigenvalue weighted by Gasteiger charge is -2.31. The van der Waals surface area contributed by atoms with Gasteiger partial charge >= 0.3 is 18.3 Å². The van der Waals surface area contributed by atoms with Crippen LogP contribution in [0.5, 0.6) is 0 Å². The van der Waals surface area contributed by atoms with E-state index in [0.717, 1.165) is 120 Å². The number of likely N-dealkylation sites (tertiary alicyclic amines) is 4. The summed E-state index contributed by atoms with van der Waals surface area (Å²) in [5.41, 5.74) is 10.4. The fourth-order valence-electron chi connectivity index (χ4n) is 15.6. The van der Waals surface area contributed by atoms with Crippen molar-refractivity contribution in [2.24, 2.45) is 23.7 Å². The SMILES string of the molecule is C=C(N[C@H](C(=O)N1CCC[C@H]1C(=O)Nc1ccc(-c2nc3ccc(NC(=O)[C@@H]4CCCN4C(=O)[C@@H](NC(=O)OC)C(C)C)cc3s2)cc1)C(C)C)OC.COC(=O)N[C@H](C(=O)N1CCCC1c1nc2ccc(-c3cccc4c(-c5ccc6nc([C@@H]7CCCN7C(=O)[C@@H](NC(=O)OC)C(C)C)[nH]c6c5)cccc34)cc2[nH]1)C(C)C. The summed E-state index contributed by atoms with van der Waals surface area (Å²) in [5.74, 6) is -0.0122. The molecule has 7 heterocycles. The topological polar surface area (TPSA) is 346 Å². The zero-order chi connectivity index (χ0) is 80.6. The predicted octanol–water partition coefficient (Wildman–Crippen LogP) is 12.9. The van der Waals surface area contributed by atoms with Crippen molar-refractivity contribution >= 4 is 119 Å². The normalized spacial score (nSPS) is 17.9. The van der Waals surface area contributed by atoms with E-state index in [2.05, 4.69) is 109 Å². The summed E-state index contributed by atoms with van der Waals surface area (Å²) in [6, 6.07) is 33.5. The molecule has 6 aromatic carbocycles. The molecule has 0 spiro atoms. The van der Waals surface area contributed by atoms with Gasteiger partial charge < -0.3 is 80.4 Å². The average Bonchev–Trinajstić information content (AvgIpc) is 1.72. The summed E-state index contributed by atoms with van der Waals surface area (Å²) >= 11 is 1.47. The zero-order valence-corrected chi connectivity index (χ0v) is 66.8. The molecule has 3 aromatic heterocycles. The van der Waals surface area contributed by atoms with Gasteiger partial charge in [0, 0.05) is 43.1 Å². The first-order valence-electron chi connectivity index (χ1n) is 38.7. The number of aromatic nitrogens is 5. The van der Waals surface area contributed by atoms with Gasteiger partial charge in [0.05, 0.1) is 72.8 Å². The number of nitrogens with zero attached hydrogens (tertiary/aromatic N) is 7. The summed E-state index contributed by atoms with van der Waals surface area (Å²) in [4.78, 5) is 146. The Bertz CT molecular complexity index is 4880. The van der Waals surface area contributed by atoms with Gasteiger partial charge in [-0.1, -0.05) is 104 Å². The van der Waals surface area contributed by atoms with Crippen molar-refractivity contribution in [1.29, 1.82) is 0 Å². The van der Waals surface area contributed by atoms with E-state index in [4.69, 9.17) is 33.9 Å². The maximum atomic E-state index is 13.7. The summed E-state index contributed by atoms with van der Waals surface area (Å²) < 4.78 is 20.3. The molecule has 4 saturated heterocycles. The number of imidazole rings is 2. The molecule has 13 rings (SSSR count). The minimum absolute atomic E-state index is 0.0406. The Balaban J connectivity index is 0.000000211. The highest BCUT2D eigenvalue weighted by molar-refractivity contribution is 7.21. The van der Waals surface area contributed by atoms with E-state index < -0.39 is 54.5 Å². The van der Waals surface area contributed by atoms with Gasteiger partial charge in [-0.25, -0.2) is 29.3 Å². The van der Waals surface area contributed by atoms with Crippen LogP contribution in [0.25, 0.3) is 75.9 Å². The molecule has 1 unspecified atom stereocenters. The number of H-pyrrole nitrogens is 2. The number of fused-ring (bicyclic) bond motifs is 4. The van der Waals surface area contributed by atoms with Crippen LogP contribution < -0.4 is 31.9 Å². The molecular formula is C84H101N15O13S. The lowest BCUT2D eigenvalue weighted by atomic mass is 9.93. The number of hydrogen-bond donors (Lipinski definition) is 8. The highest BCUT2D eigenvalue weighted by Gasteiger charge is 2.43. The molecule has 0 bridgehead atoms. The van der Waals surface area contributed by atoms with Gasteiger partial charge in [-0.15, -0.1) is 11.3 Å². The molecule has 29 heteroatoms. The van der Waals surface area contributed by atoms with Crippen molar-refractivity contribution in [1.82, 2.24) is 65.8 Å². The third-order valence-corrected chi connectivity index (χ3v) is 22.7. The number of rotatable bonds is 23. The molecule has 8 atom stereocenters. The first kappa shape index (κ1) is 80.9. The van der Waals surface area contributed by atoms with E-state index in [1.54, 1.807) is 11.0 Å². The molecule has 4 aliphatic heterocycles. The van der Waals surface area contributed by atoms with Crippen molar-refractivity contribution in [3.63, 3.8) is 0 Å². The molecule has 0 radical (unpaired) electrons. The van der Waals surface area contributed by atoms with Gasteiger partial charge in [-0.3, -0.25) is 28.8 Å². The summed E-state index contributed by atoms with van der Waals surface area (Å²) in [7, 11) is 5.32. The number of thiazole rings is 1. The van der Waals surface area contributed by atoms with Crippen molar-refractivity contribution in [3.8, 4) is 32.8 Å². The van der Waals surface area contributed by atoms with E-state index in [9.17, 15) is 43.2 Å². The van der Waals surface area contributed by atoms with E-state index in [-0.39, 0.29) is 71.2 Å². The number of carbonyl (C=O) groups excluding carboxylic acids is 9. The maximum Gasteiger partial charge on any atom is 0.407 e. The van der Waals surface area contributed by atoms with Crippen molar-refractivity contribution in [3.05, 3.63) is 139 Å². The third-order valence-electron chi connectivity index (χ3n) is 21.6. The van der Waals surface area contributed by atoms with Crippen molar-refractivity contribution < 1.29 is 62.1 Å². The Hall–Kier alpha value is -11.6. The number of methoxy groups -OCH3 is 4. The van der Waals surface area contributed by atoms with E-state index >= 15 is 0 Å². The standard InChI is InChI=1S/C46H52N8O6.C38H49N7O7S/c1-25(2)39(51-45(57)59-5)43(55)53-21-9-15-37(53)41-47-33-19-17-27(23-35(33)49-41)29-11-7-14-32-30(12-8-13-31(29)32)28-18-20-34-36(24-28)50-42(48-34)38-16-10-22-54(38)44(56)40(26(3)4)52-46(58)60-6;1-21(2)31(39-23(5)51-6)36(48)44-18-8-10-28(44)33(46)40-25-14-12-24(13-15-25)35-42-27-17-16-26(20-30(27)53-35)41-34(47)29-11-9-19-45(29)37(49)32(22(3)4)43-38(50)52-7/h7-8,11-14,17-20,23-26,37-40H,9-10,15-16,21-22H2,1-6H3,(H,47,49)(H,48,50)(H,51,57)(H,52,58);12-17,20-22,28-29,31-32,39H,5,8-11,18-19H2,1-4,6-7H3,(H,40,46)(H,41,47)(H,43,50)/t37-,38?,39-,40-;28-,29-,31-,32-/m00/s1. The van der Waals surface area contributed by atoms with Crippen LogP contribution >= 0.6 is 11.3 Å². The van der Waals surface area contributed by atoms with Gasteiger partial charge in [-0.05, 0) is 181 Å². The molecule has 8 N–H and O–H groups in total. The number of nitrogens with one attached hydrogen (secondary N) is 8. The van der Waals surface area contributed by atoms with Crippen molar-refractivity contribution in [2.45, 2.75) is 155 Å². The van der Waals surface area contributed by atoms with Gasteiger partial charge in [0.25, 0.3) is 0 Å². The Kier molecular flexibility index (Phi) is 25.3. The molecule has 113 heavy (non-hydrogen) atoms. The zero-order valence-electron chi connectivity index (χ0n) is 65.9. The number of alkyl carbamates (subject to hydrolysis) is 3. The highest BCUT2D eigenvalue weighted by atomic mass is 32.1. The van der Waals surface area contributed by atoms with Gasteiger partial charge in [0.2, 0.25) is 35.4 Å². The van der Waals surface area contributed by atoms with Crippen LogP contribution in [-0.2, 0) is 47.7 Å². The number of carbonyl (C=O) groups is 9. The van der Waals surface area contributed by atoms with Crippen molar-refractivity contribution in [2.75, 3.05) is 65.3 Å². The second kappa shape index (κ2) is 35.4. The molecular weight excluding hydrogens is 1460 g/mol. The Morgan fingerprint density at radius 2 is 0.814 bits per heavy atom. The lowest BCUT2D eigenvalue weighted by molar-refractivity contribution is -0.139. The number of hydrogen-bond acceptors (Lipinski definition) is 18. The van der Waals surface area contributed by atoms with E-state index in [1.165, 1.54) is 44.7 Å². The average molecular weight is 1560 g/mol. The largest absolute Gasteiger partial charge is 0.483 e. The summed E-state index contributed by atoms with van der Waals surface area (Å²) in [6.07, 6.45) is 3.76. The van der Waals surface area contributed by atoms with E-state index in [0.29, 0.717) is 62.7 Å². The number of anilines is 2. The van der Waals surface area contributed by atoms with Gasteiger partial charge in [-0.2, -0.15) is 0 Å². The molecule has 9 amide bonds.